The molecule has 220 valence electrons. The zero-order valence-corrected chi connectivity index (χ0v) is 25.7. The molecule has 0 aliphatic carbocycles. The van der Waals surface area contributed by atoms with Crippen molar-refractivity contribution < 1.29 is 14.3 Å². The van der Waals surface area contributed by atoms with Crippen molar-refractivity contribution >= 4 is 52.2 Å². The largest absolute Gasteiger partial charge is 0.444 e. The number of nitrogens with zero attached hydrogens (tertiary/aromatic N) is 7. The molecule has 2 aliphatic rings. The van der Waals surface area contributed by atoms with Crippen molar-refractivity contribution in [1.82, 2.24) is 29.5 Å². The number of ether oxygens (including phenoxy) is 1. The fraction of sp³-hybridized carbons (Fsp3) is 0.552. The maximum atomic E-state index is 13.6. The third-order valence-electron chi connectivity index (χ3n) is 7.67. The molecule has 12 heteroatoms. The number of hydrogen-bond donors (Lipinski definition) is 0. The molecule has 2 amide bonds. The third kappa shape index (κ3) is 6.23. The smallest absolute Gasteiger partial charge is 0.410 e. The van der Waals surface area contributed by atoms with E-state index in [-0.39, 0.29) is 11.9 Å². The quantitative estimate of drug-likeness (QED) is 0.390. The molecule has 4 heterocycles. The summed E-state index contributed by atoms with van der Waals surface area (Å²) in [6.45, 7) is 12.3. The van der Waals surface area contributed by atoms with Gasteiger partial charge in [0.25, 0.3) is 0 Å². The van der Waals surface area contributed by atoms with E-state index >= 15 is 0 Å². The second-order valence-corrected chi connectivity index (χ2v) is 12.6. The van der Waals surface area contributed by atoms with Crippen LogP contribution in [-0.4, -0.2) is 85.9 Å². The van der Waals surface area contributed by atoms with Crippen molar-refractivity contribution in [2.24, 2.45) is 0 Å². The predicted molar refractivity (Wildman–Crippen MR) is 160 cm³/mol. The molecule has 2 atom stereocenters. The standard InChI is InChI=1S/C29H37Cl2N7O3/c1-18-25-26(38(34-18)19(2)21-10-9-20(30)16-22(21)31)33-24(17-32-25)35-12-14-36(15-13-35)27(39)23-8-6-7-11-37(23)28(40)41-29(3,4)5/h9-10,16-17,19,23H,6-8,11-15H2,1-5H3/t19?,23-/m1/s1. The van der Waals surface area contributed by atoms with Crippen LogP contribution >= 0.6 is 23.2 Å². The molecule has 1 unspecified atom stereocenters. The summed E-state index contributed by atoms with van der Waals surface area (Å²) in [4.78, 5) is 41.7. The fourth-order valence-corrected chi connectivity index (χ4v) is 6.10. The van der Waals surface area contributed by atoms with Gasteiger partial charge in [0.15, 0.2) is 5.65 Å². The summed E-state index contributed by atoms with van der Waals surface area (Å²) < 4.78 is 7.45. The van der Waals surface area contributed by atoms with Gasteiger partial charge in [0.1, 0.15) is 23.0 Å². The van der Waals surface area contributed by atoms with Gasteiger partial charge in [-0.25, -0.2) is 19.4 Å². The van der Waals surface area contributed by atoms with E-state index < -0.39 is 17.7 Å². The van der Waals surface area contributed by atoms with E-state index in [4.69, 9.17) is 43.0 Å². The Hall–Kier alpha value is -3.11. The number of aryl methyl sites for hydroxylation is 1. The Kier molecular flexibility index (Phi) is 8.34. The van der Waals surface area contributed by atoms with Crippen molar-refractivity contribution in [2.45, 2.75) is 71.6 Å². The highest BCUT2D eigenvalue weighted by molar-refractivity contribution is 6.35. The number of aromatic nitrogens is 4. The normalized spacial score (nSPS) is 19.0. The van der Waals surface area contributed by atoms with Gasteiger partial charge in [-0.05, 0) is 71.6 Å². The van der Waals surface area contributed by atoms with E-state index in [2.05, 4.69) is 4.90 Å². The van der Waals surface area contributed by atoms with E-state index in [1.54, 1.807) is 17.2 Å². The highest BCUT2D eigenvalue weighted by Crippen LogP contribution is 2.31. The average Bonchev–Trinajstić information content (AvgIpc) is 3.27. The number of fused-ring (bicyclic) bond motifs is 1. The van der Waals surface area contributed by atoms with Gasteiger partial charge in [-0.3, -0.25) is 9.69 Å². The highest BCUT2D eigenvalue weighted by Gasteiger charge is 2.38. The Morgan fingerprint density at radius 2 is 1.80 bits per heavy atom. The SMILES string of the molecule is Cc1nn(C(C)c2ccc(Cl)cc2Cl)c2nc(N3CCN(C(=O)[C@H]4CCCCN4C(=O)OC(C)(C)C)CC3)cnc12. The molecule has 1 aromatic carbocycles. The van der Waals surface area contributed by atoms with E-state index in [0.29, 0.717) is 54.8 Å². The summed E-state index contributed by atoms with van der Waals surface area (Å²) in [5.74, 6) is 0.715. The number of benzene rings is 1. The van der Waals surface area contributed by atoms with Gasteiger partial charge in [0.05, 0.1) is 17.9 Å². The summed E-state index contributed by atoms with van der Waals surface area (Å²) in [7, 11) is 0. The minimum absolute atomic E-state index is 0.0147. The van der Waals surface area contributed by atoms with Crippen LogP contribution in [-0.2, 0) is 9.53 Å². The molecule has 2 fully saturated rings. The lowest BCUT2D eigenvalue weighted by Crippen LogP contribution is -2.57. The van der Waals surface area contributed by atoms with Gasteiger partial charge in [-0.2, -0.15) is 5.10 Å². The van der Waals surface area contributed by atoms with E-state index in [1.807, 2.05) is 56.3 Å². The van der Waals surface area contributed by atoms with Crippen LogP contribution < -0.4 is 4.90 Å². The summed E-state index contributed by atoms with van der Waals surface area (Å²) in [6.07, 6.45) is 3.79. The first-order valence-corrected chi connectivity index (χ1v) is 14.9. The lowest BCUT2D eigenvalue weighted by Gasteiger charge is -2.41. The van der Waals surface area contributed by atoms with Crippen molar-refractivity contribution in [3.05, 3.63) is 45.7 Å². The van der Waals surface area contributed by atoms with Gasteiger partial charge in [0, 0.05) is 42.8 Å². The summed E-state index contributed by atoms with van der Waals surface area (Å²) in [6, 6.07) is 4.78. The van der Waals surface area contributed by atoms with Crippen molar-refractivity contribution in [2.75, 3.05) is 37.6 Å². The Bertz CT molecular complexity index is 1450. The fourth-order valence-electron chi connectivity index (χ4n) is 5.53. The Morgan fingerprint density at radius 3 is 2.49 bits per heavy atom. The van der Waals surface area contributed by atoms with Crippen molar-refractivity contribution in [3.63, 3.8) is 0 Å². The zero-order valence-electron chi connectivity index (χ0n) is 24.2. The number of carbonyl (C=O) groups excluding carboxylic acids is 2. The van der Waals surface area contributed by atoms with Crippen LogP contribution in [0.25, 0.3) is 11.2 Å². The minimum Gasteiger partial charge on any atom is -0.444 e. The first kappa shape index (κ1) is 29.4. The van der Waals surface area contributed by atoms with Gasteiger partial charge in [-0.1, -0.05) is 29.3 Å². The maximum Gasteiger partial charge on any atom is 0.410 e. The number of halogens is 2. The Labute approximate surface area is 250 Å². The van der Waals surface area contributed by atoms with Crippen molar-refractivity contribution in [1.29, 1.82) is 0 Å². The summed E-state index contributed by atoms with van der Waals surface area (Å²) >= 11 is 12.6. The second kappa shape index (κ2) is 11.6. The molecule has 2 saturated heterocycles. The van der Waals surface area contributed by atoms with Crippen LogP contribution in [0.2, 0.25) is 10.0 Å². The molecular weight excluding hydrogens is 565 g/mol. The lowest BCUT2D eigenvalue weighted by atomic mass is 10.0. The van der Waals surface area contributed by atoms with Crippen LogP contribution in [0, 0.1) is 6.92 Å². The molecule has 2 aromatic heterocycles. The molecule has 41 heavy (non-hydrogen) atoms. The Balaban J connectivity index is 1.30. The molecular formula is C29H37Cl2N7O3. The number of piperazine rings is 1. The van der Waals surface area contributed by atoms with E-state index in [1.165, 1.54) is 0 Å². The molecule has 2 aliphatic heterocycles. The molecule has 10 nitrogen and oxygen atoms in total. The van der Waals surface area contributed by atoms with Crippen LogP contribution in [0.1, 0.15) is 64.3 Å². The minimum atomic E-state index is -0.608. The number of piperidine rings is 1. The first-order valence-electron chi connectivity index (χ1n) is 14.1. The molecule has 5 rings (SSSR count). The van der Waals surface area contributed by atoms with Gasteiger partial charge >= 0.3 is 6.09 Å². The number of amides is 2. The van der Waals surface area contributed by atoms with Gasteiger partial charge < -0.3 is 14.5 Å². The summed E-state index contributed by atoms with van der Waals surface area (Å²) in [5, 5.41) is 5.88. The number of rotatable bonds is 4. The molecule has 0 spiro atoms. The lowest BCUT2D eigenvalue weighted by molar-refractivity contribution is -0.138. The first-order chi connectivity index (χ1) is 19.4. The second-order valence-electron chi connectivity index (χ2n) is 11.8. The van der Waals surface area contributed by atoms with Crippen molar-refractivity contribution in [3.8, 4) is 0 Å². The monoisotopic (exact) mass is 601 g/mol. The zero-order chi connectivity index (χ0) is 29.5. The molecule has 3 aromatic rings. The highest BCUT2D eigenvalue weighted by atomic mass is 35.5. The van der Waals surface area contributed by atoms with E-state index in [0.717, 1.165) is 35.4 Å². The van der Waals surface area contributed by atoms with E-state index in [9.17, 15) is 9.59 Å². The molecule has 0 saturated carbocycles. The Morgan fingerprint density at radius 1 is 1.07 bits per heavy atom. The van der Waals surface area contributed by atoms with Gasteiger partial charge in [0.2, 0.25) is 5.91 Å². The molecule has 0 bridgehead atoms. The van der Waals surface area contributed by atoms with Gasteiger partial charge in [-0.15, -0.1) is 0 Å². The molecule has 0 radical (unpaired) electrons. The maximum absolute atomic E-state index is 13.6. The number of anilines is 1. The van der Waals surface area contributed by atoms with Crippen LogP contribution in [0.15, 0.2) is 24.4 Å². The average molecular weight is 603 g/mol. The summed E-state index contributed by atoms with van der Waals surface area (Å²) in [5.41, 5.74) is 2.48. The third-order valence-corrected chi connectivity index (χ3v) is 8.23. The number of likely N-dealkylation sites (tertiary alicyclic amines) is 1. The van der Waals surface area contributed by atoms with Crippen LogP contribution in [0.5, 0.6) is 0 Å². The van der Waals surface area contributed by atoms with Crippen LogP contribution in [0.4, 0.5) is 10.6 Å². The topological polar surface area (TPSA) is 96.7 Å². The van der Waals surface area contributed by atoms with Crippen LogP contribution in [0.3, 0.4) is 0 Å². The number of hydrogen-bond acceptors (Lipinski definition) is 7. The predicted octanol–water partition coefficient (Wildman–Crippen LogP) is 5.49. The number of carbonyl (C=O) groups is 2. The molecule has 0 N–H and O–H groups in total.